The first-order valence-electron chi connectivity index (χ1n) is 9.42. The number of hydrogen-bond donors (Lipinski definition) is 2. The third-order valence-corrected chi connectivity index (χ3v) is 5.07. The van der Waals surface area contributed by atoms with E-state index in [-0.39, 0.29) is 24.1 Å². The van der Waals surface area contributed by atoms with Crippen LogP contribution in [-0.2, 0) is 16.1 Å². The van der Waals surface area contributed by atoms with Gasteiger partial charge >= 0.3 is 0 Å². The SMILES string of the molecule is COCC(C)(C)C(=O)N1Cc2ccc(C(=O)NO)cc2OC[C@@H]1c1ccccc1. The molecule has 1 atom stereocenters. The highest BCUT2D eigenvalue weighted by molar-refractivity contribution is 5.94. The third kappa shape index (κ3) is 4.41. The van der Waals surface area contributed by atoms with Gasteiger partial charge in [0.25, 0.3) is 5.91 Å². The van der Waals surface area contributed by atoms with Crippen LogP contribution in [0.5, 0.6) is 5.75 Å². The van der Waals surface area contributed by atoms with E-state index in [4.69, 9.17) is 14.7 Å². The Hall–Kier alpha value is -2.90. The van der Waals surface area contributed by atoms with E-state index in [2.05, 4.69) is 0 Å². The van der Waals surface area contributed by atoms with Gasteiger partial charge in [-0.05, 0) is 31.5 Å². The highest BCUT2D eigenvalue weighted by Crippen LogP contribution is 2.35. The molecule has 2 aromatic rings. The quantitative estimate of drug-likeness (QED) is 0.597. The van der Waals surface area contributed by atoms with Crippen LogP contribution < -0.4 is 10.2 Å². The molecule has 0 radical (unpaired) electrons. The topological polar surface area (TPSA) is 88.1 Å². The van der Waals surface area contributed by atoms with E-state index < -0.39 is 11.3 Å². The smallest absolute Gasteiger partial charge is 0.274 e. The number of rotatable bonds is 5. The van der Waals surface area contributed by atoms with Gasteiger partial charge < -0.3 is 14.4 Å². The fourth-order valence-corrected chi connectivity index (χ4v) is 3.55. The third-order valence-electron chi connectivity index (χ3n) is 5.07. The Morgan fingerprint density at radius 3 is 2.62 bits per heavy atom. The number of ether oxygens (including phenoxy) is 2. The molecule has 2 N–H and O–H groups in total. The Morgan fingerprint density at radius 1 is 1.24 bits per heavy atom. The second kappa shape index (κ2) is 8.63. The van der Waals surface area contributed by atoms with E-state index in [9.17, 15) is 9.59 Å². The largest absolute Gasteiger partial charge is 0.491 e. The summed E-state index contributed by atoms with van der Waals surface area (Å²) < 4.78 is 11.3. The Balaban J connectivity index is 2.01. The van der Waals surface area contributed by atoms with Gasteiger partial charge in [-0.2, -0.15) is 0 Å². The van der Waals surface area contributed by atoms with Crippen LogP contribution in [0.25, 0.3) is 0 Å². The van der Waals surface area contributed by atoms with Crippen molar-refractivity contribution in [3.63, 3.8) is 0 Å². The van der Waals surface area contributed by atoms with E-state index in [0.29, 0.717) is 18.9 Å². The molecular formula is C22H26N2O5. The van der Waals surface area contributed by atoms with Gasteiger partial charge in [0.2, 0.25) is 5.91 Å². The molecule has 0 aliphatic carbocycles. The van der Waals surface area contributed by atoms with Crippen molar-refractivity contribution < 1.29 is 24.3 Å². The highest BCUT2D eigenvalue weighted by Gasteiger charge is 2.38. The summed E-state index contributed by atoms with van der Waals surface area (Å²) in [7, 11) is 1.58. The summed E-state index contributed by atoms with van der Waals surface area (Å²) in [5.41, 5.74) is 2.96. The van der Waals surface area contributed by atoms with E-state index in [1.165, 1.54) is 0 Å². The van der Waals surface area contributed by atoms with E-state index in [1.807, 2.05) is 49.1 Å². The number of fused-ring (bicyclic) bond motifs is 1. The fraction of sp³-hybridized carbons (Fsp3) is 0.364. The van der Waals surface area contributed by atoms with E-state index >= 15 is 0 Å². The number of methoxy groups -OCH3 is 1. The Kier molecular flexibility index (Phi) is 6.20. The number of nitrogens with one attached hydrogen (secondary N) is 1. The average Bonchev–Trinajstić information content (AvgIpc) is 2.92. The molecule has 0 unspecified atom stereocenters. The zero-order valence-electron chi connectivity index (χ0n) is 16.8. The molecule has 3 rings (SSSR count). The summed E-state index contributed by atoms with van der Waals surface area (Å²) in [6.45, 7) is 4.61. The molecule has 0 bridgehead atoms. The number of hydroxylamine groups is 1. The zero-order chi connectivity index (χ0) is 21.0. The maximum absolute atomic E-state index is 13.5. The van der Waals surface area contributed by atoms with E-state index in [1.54, 1.807) is 30.8 Å². The van der Waals surface area contributed by atoms with Crippen molar-refractivity contribution in [1.82, 2.24) is 10.4 Å². The van der Waals surface area contributed by atoms with Crippen LogP contribution >= 0.6 is 0 Å². The molecule has 0 spiro atoms. The van der Waals surface area contributed by atoms with Crippen LogP contribution in [0.3, 0.4) is 0 Å². The van der Waals surface area contributed by atoms with Crippen molar-refractivity contribution >= 4 is 11.8 Å². The van der Waals surface area contributed by atoms with Crippen LogP contribution in [0.2, 0.25) is 0 Å². The number of amides is 2. The second-order valence-electron chi connectivity index (χ2n) is 7.75. The van der Waals surface area contributed by atoms with Crippen molar-refractivity contribution in [2.24, 2.45) is 5.41 Å². The average molecular weight is 398 g/mol. The number of hydrogen-bond acceptors (Lipinski definition) is 5. The van der Waals surface area contributed by atoms with Gasteiger partial charge in [0.15, 0.2) is 0 Å². The Labute approximate surface area is 170 Å². The molecule has 0 fully saturated rings. The highest BCUT2D eigenvalue weighted by atomic mass is 16.5. The van der Waals surface area contributed by atoms with Gasteiger partial charge in [-0.25, -0.2) is 5.48 Å². The summed E-state index contributed by atoms with van der Waals surface area (Å²) in [5, 5.41) is 8.89. The summed E-state index contributed by atoms with van der Waals surface area (Å²) >= 11 is 0. The number of nitrogens with zero attached hydrogens (tertiary/aromatic N) is 1. The monoisotopic (exact) mass is 398 g/mol. The van der Waals surface area contributed by atoms with Gasteiger partial charge in [-0.15, -0.1) is 0 Å². The van der Waals surface area contributed by atoms with Crippen molar-refractivity contribution in [2.45, 2.75) is 26.4 Å². The van der Waals surface area contributed by atoms with Crippen molar-refractivity contribution in [3.05, 3.63) is 65.2 Å². The lowest BCUT2D eigenvalue weighted by atomic mass is 9.91. The van der Waals surface area contributed by atoms with E-state index in [0.717, 1.165) is 11.1 Å². The molecule has 2 aromatic carbocycles. The predicted molar refractivity (Wildman–Crippen MR) is 107 cm³/mol. The molecule has 0 saturated carbocycles. The minimum Gasteiger partial charge on any atom is -0.491 e. The van der Waals surface area contributed by atoms with Crippen LogP contribution in [0.1, 0.15) is 41.4 Å². The zero-order valence-corrected chi connectivity index (χ0v) is 16.8. The van der Waals surface area contributed by atoms with Gasteiger partial charge in [0.05, 0.1) is 24.6 Å². The van der Waals surface area contributed by atoms with Crippen molar-refractivity contribution in [3.8, 4) is 5.75 Å². The number of benzene rings is 2. The summed E-state index contributed by atoms with van der Waals surface area (Å²) in [6.07, 6.45) is 0. The molecule has 1 aliphatic heterocycles. The van der Waals surface area contributed by atoms with Gasteiger partial charge in [0.1, 0.15) is 12.4 Å². The molecule has 29 heavy (non-hydrogen) atoms. The summed E-state index contributed by atoms with van der Waals surface area (Å²) in [5.74, 6) is -0.136. The number of carbonyl (C=O) groups is 2. The molecule has 7 heteroatoms. The van der Waals surface area contributed by atoms with Crippen LogP contribution in [0.4, 0.5) is 0 Å². The lowest BCUT2D eigenvalue weighted by Crippen LogP contribution is -2.45. The molecule has 0 saturated heterocycles. The Morgan fingerprint density at radius 2 is 1.97 bits per heavy atom. The lowest BCUT2D eigenvalue weighted by Gasteiger charge is -2.35. The molecule has 154 valence electrons. The molecular weight excluding hydrogens is 372 g/mol. The van der Waals surface area contributed by atoms with Gasteiger partial charge in [0, 0.05) is 18.2 Å². The fourth-order valence-electron chi connectivity index (χ4n) is 3.55. The molecule has 0 aromatic heterocycles. The van der Waals surface area contributed by atoms with Gasteiger partial charge in [-0.1, -0.05) is 36.4 Å². The standard InChI is InChI=1S/C22H26N2O5/c1-22(2,14-28-3)21(26)24-12-17-10-9-16(20(25)23-27)11-19(17)29-13-18(24)15-7-5-4-6-8-15/h4-11,18,27H,12-14H2,1-3H3,(H,23,25)/t18-/m1/s1. The van der Waals surface area contributed by atoms with Crippen molar-refractivity contribution in [1.29, 1.82) is 0 Å². The summed E-state index contributed by atoms with van der Waals surface area (Å²) in [4.78, 5) is 27.0. The maximum Gasteiger partial charge on any atom is 0.274 e. The van der Waals surface area contributed by atoms with Crippen molar-refractivity contribution in [2.75, 3.05) is 20.3 Å². The predicted octanol–water partition coefficient (Wildman–Crippen LogP) is 2.94. The minimum absolute atomic E-state index is 0.0400. The Bertz CT molecular complexity index is 882. The number of carbonyl (C=O) groups excluding carboxylic acids is 2. The minimum atomic E-state index is -0.705. The first kappa shape index (κ1) is 20.8. The molecule has 2 amide bonds. The molecule has 7 nitrogen and oxygen atoms in total. The summed E-state index contributed by atoms with van der Waals surface area (Å²) in [6, 6.07) is 14.4. The first-order chi connectivity index (χ1) is 13.9. The van der Waals surface area contributed by atoms with Gasteiger partial charge in [-0.3, -0.25) is 14.8 Å². The van der Waals surface area contributed by atoms with Crippen LogP contribution in [0.15, 0.2) is 48.5 Å². The van der Waals surface area contributed by atoms with Crippen LogP contribution in [0, 0.1) is 5.41 Å². The molecule has 1 heterocycles. The second-order valence-corrected chi connectivity index (χ2v) is 7.75. The lowest BCUT2D eigenvalue weighted by molar-refractivity contribution is -0.147. The maximum atomic E-state index is 13.5. The van der Waals surface area contributed by atoms with Crippen LogP contribution in [-0.4, -0.2) is 42.2 Å². The normalized spacial score (nSPS) is 16.4. The molecule has 1 aliphatic rings. The first-order valence-corrected chi connectivity index (χ1v) is 9.42.